The van der Waals surface area contributed by atoms with Crippen molar-refractivity contribution >= 4 is 5.91 Å². The highest BCUT2D eigenvalue weighted by molar-refractivity contribution is 5.79. The molecule has 6 heteroatoms. The SMILES string of the molecule is NC1COCC1C(=O)NCCOCCO. The van der Waals surface area contributed by atoms with E-state index < -0.39 is 0 Å². The molecule has 0 bridgehead atoms. The Morgan fingerprint density at radius 2 is 2.33 bits per heavy atom. The lowest BCUT2D eigenvalue weighted by Gasteiger charge is -2.13. The van der Waals surface area contributed by atoms with E-state index >= 15 is 0 Å². The maximum atomic E-state index is 11.5. The normalized spacial score (nSPS) is 25.5. The molecule has 88 valence electrons. The molecular weight excluding hydrogens is 200 g/mol. The lowest BCUT2D eigenvalue weighted by atomic mass is 10.0. The van der Waals surface area contributed by atoms with E-state index in [4.69, 9.17) is 20.3 Å². The van der Waals surface area contributed by atoms with Crippen molar-refractivity contribution in [3.8, 4) is 0 Å². The molecule has 1 saturated heterocycles. The molecule has 0 radical (unpaired) electrons. The molecule has 0 aliphatic carbocycles. The molecule has 2 unspecified atom stereocenters. The van der Waals surface area contributed by atoms with Crippen molar-refractivity contribution in [2.45, 2.75) is 6.04 Å². The van der Waals surface area contributed by atoms with E-state index in [1.165, 1.54) is 0 Å². The summed E-state index contributed by atoms with van der Waals surface area (Å²) < 4.78 is 10.1. The van der Waals surface area contributed by atoms with Crippen LogP contribution in [-0.4, -0.2) is 56.6 Å². The average Bonchev–Trinajstić information content (AvgIpc) is 2.64. The molecule has 1 heterocycles. The van der Waals surface area contributed by atoms with Crippen LogP contribution < -0.4 is 11.1 Å². The number of carbonyl (C=O) groups excluding carboxylic acids is 1. The van der Waals surface area contributed by atoms with Gasteiger partial charge >= 0.3 is 0 Å². The number of hydrogen-bond acceptors (Lipinski definition) is 5. The Bertz CT molecular complexity index is 201. The quantitative estimate of drug-likeness (QED) is 0.452. The fraction of sp³-hybridized carbons (Fsp3) is 0.889. The number of ether oxygens (including phenoxy) is 2. The third-order valence-electron chi connectivity index (χ3n) is 2.24. The first-order valence-electron chi connectivity index (χ1n) is 5.05. The molecule has 6 nitrogen and oxygen atoms in total. The maximum Gasteiger partial charge on any atom is 0.227 e. The summed E-state index contributed by atoms with van der Waals surface area (Å²) in [7, 11) is 0. The summed E-state index contributed by atoms with van der Waals surface area (Å²) >= 11 is 0. The highest BCUT2D eigenvalue weighted by Crippen LogP contribution is 2.10. The van der Waals surface area contributed by atoms with Crippen LogP contribution in [0.2, 0.25) is 0 Å². The van der Waals surface area contributed by atoms with Crippen molar-refractivity contribution in [1.29, 1.82) is 0 Å². The van der Waals surface area contributed by atoms with Crippen LogP contribution in [0, 0.1) is 5.92 Å². The van der Waals surface area contributed by atoms with Gasteiger partial charge in [-0.1, -0.05) is 0 Å². The number of hydrogen-bond donors (Lipinski definition) is 3. The van der Waals surface area contributed by atoms with Crippen LogP contribution in [0.25, 0.3) is 0 Å². The van der Waals surface area contributed by atoms with Crippen LogP contribution in [0.5, 0.6) is 0 Å². The second-order valence-electron chi connectivity index (χ2n) is 3.43. The van der Waals surface area contributed by atoms with Crippen LogP contribution in [0.15, 0.2) is 0 Å². The molecule has 15 heavy (non-hydrogen) atoms. The number of rotatable bonds is 6. The first-order chi connectivity index (χ1) is 7.25. The second-order valence-corrected chi connectivity index (χ2v) is 3.43. The first kappa shape index (κ1) is 12.4. The van der Waals surface area contributed by atoms with Crippen molar-refractivity contribution in [3.05, 3.63) is 0 Å². The van der Waals surface area contributed by atoms with Crippen molar-refractivity contribution < 1.29 is 19.4 Å². The fourth-order valence-electron chi connectivity index (χ4n) is 1.39. The second kappa shape index (κ2) is 6.73. The van der Waals surface area contributed by atoms with Gasteiger partial charge < -0.3 is 25.6 Å². The monoisotopic (exact) mass is 218 g/mol. The molecule has 1 amide bonds. The van der Waals surface area contributed by atoms with Gasteiger partial charge in [-0.25, -0.2) is 0 Å². The zero-order valence-electron chi connectivity index (χ0n) is 8.65. The van der Waals surface area contributed by atoms with E-state index in [-0.39, 0.29) is 24.5 Å². The Hall–Kier alpha value is -0.690. The van der Waals surface area contributed by atoms with E-state index in [0.717, 1.165) is 0 Å². The number of amides is 1. The maximum absolute atomic E-state index is 11.5. The highest BCUT2D eigenvalue weighted by Gasteiger charge is 2.30. The average molecular weight is 218 g/mol. The first-order valence-corrected chi connectivity index (χ1v) is 5.05. The number of aliphatic hydroxyl groups excluding tert-OH is 1. The number of nitrogens with two attached hydrogens (primary N) is 1. The van der Waals surface area contributed by atoms with Gasteiger partial charge in [0.05, 0.1) is 39.0 Å². The molecule has 2 atom stereocenters. The van der Waals surface area contributed by atoms with Gasteiger partial charge in [0.2, 0.25) is 5.91 Å². The summed E-state index contributed by atoms with van der Waals surface area (Å²) in [4.78, 5) is 11.5. The summed E-state index contributed by atoms with van der Waals surface area (Å²) in [6.07, 6.45) is 0. The van der Waals surface area contributed by atoms with Gasteiger partial charge in [-0.2, -0.15) is 0 Å². The Morgan fingerprint density at radius 3 is 2.93 bits per heavy atom. The van der Waals surface area contributed by atoms with Crippen LogP contribution in [0.3, 0.4) is 0 Å². The van der Waals surface area contributed by atoms with E-state index in [0.29, 0.717) is 33.0 Å². The van der Waals surface area contributed by atoms with Crippen LogP contribution in [0.4, 0.5) is 0 Å². The van der Waals surface area contributed by atoms with Gasteiger partial charge in [-0.3, -0.25) is 4.79 Å². The lowest BCUT2D eigenvalue weighted by Crippen LogP contribution is -2.42. The Kier molecular flexibility index (Phi) is 5.56. The van der Waals surface area contributed by atoms with Gasteiger partial charge in [-0.05, 0) is 0 Å². The van der Waals surface area contributed by atoms with E-state index in [2.05, 4.69) is 5.32 Å². The molecule has 0 aromatic carbocycles. The number of aliphatic hydroxyl groups is 1. The standard InChI is InChI=1S/C9H18N2O4/c10-8-6-15-5-7(8)9(13)11-1-3-14-4-2-12/h7-8,12H,1-6,10H2,(H,11,13). The predicted octanol–water partition coefficient (Wildman–Crippen LogP) is -1.91. The molecule has 0 spiro atoms. The summed E-state index contributed by atoms with van der Waals surface area (Å²) in [5.74, 6) is -0.338. The smallest absolute Gasteiger partial charge is 0.227 e. The summed E-state index contributed by atoms with van der Waals surface area (Å²) in [6, 6.07) is -0.205. The molecule has 1 fully saturated rings. The van der Waals surface area contributed by atoms with Gasteiger partial charge in [0.15, 0.2) is 0 Å². The molecule has 1 aliphatic heterocycles. The molecule has 1 aliphatic rings. The largest absolute Gasteiger partial charge is 0.394 e. The minimum atomic E-state index is -0.247. The van der Waals surface area contributed by atoms with Crippen LogP contribution in [-0.2, 0) is 14.3 Å². The van der Waals surface area contributed by atoms with Crippen molar-refractivity contribution in [3.63, 3.8) is 0 Å². The Morgan fingerprint density at radius 1 is 1.53 bits per heavy atom. The summed E-state index contributed by atoms with van der Waals surface area (Å²) in [5.41, 5.74) is 5.68. The molecular formula is C9H18N2O4. The third kappa shape index (κ3) is 4.13. The van der Waals surface area contributed by atoms with Crippen molar-refractivity contribution in [2.75, 3.05) is 39.6 Å². The van der Waals surface area contributed by atoms with Crippen molar-refractivity contribution in [2.24, 2.45) is 11.7 Å². The highest BCUT2D eigenvalue weighted by atomic mass is 16.5. The lowest BCUT2D eigenvalue weighted by molar-refractivity contribution is -0.125. The number of nitrogens with one attached hydrogen (secondary N) is 1. The molecule has 1 rings (SSSR count). The number of carbonyl (C=O) groups is 1. The molecule has 0 saturated carbocycles. The topological polar surface area (TPSA) is 93.8 Å². The molecule has 0 aromatic rings. The Labute approximate surface area is 88.7 Å². The van der Waals surface area contributed by atoms with E-state index in [1.54, 1.807) is 0 Å². The van der Waals surface area contributed by atoms with E-state index in [1.807, 2.05) is 0 Å². The predicted molar refractivity (Wildman–Crippen MR) is 53.2 cm³/mol. The summed E-state index contributed by atoms with van der Waals surface area (Å²) in [6.45, 7) is 1.96. The molecule has 4 N–H and O–H groups in total. The Balaban J connectivity index is 2.08. The minimum absolute atomic E-state index is 0.00468. The van der Waals surface area contributed by atoms with Gasteiger partial charge in [-0.15, -0.1) is 0 Å². The zero-order chi connectivity index (χ0) is 11.1. The van der Waals surface area contributed by atoms with Gasteiger partial charge in [0.1, 0.15) is 0 Å². The van der Waals surface area contributed by atoms with Crippen LogP contribution in [0.1, 0.15) is 0 Å². The summed E-state index contributed by atoms with van der Waals surface area (Å²) in [5, 5.41) is 11.1. The zero-order valence-corrected chi connectivity index (χ0v) is 8.65. The third-order valence-corrected chi connectivity index (χ3v) is 2.24. The van der Waals surface area contributed by atoms with Gasteiger partial charge in [0.25, 0.3) is 0 Å². The van der Waals surface area contributed by atoms with Gasteiger partial charge in [0, 0.05) is 12.6 Å². The van der Waals surface area contributed by atoms with Crippen molar-refractivity contribution in [1.82, 2.24) is 5.32 Å². The fourth-order valence-corrected chi connectivity index (χ4v) is 1.39. The van der Waals surface area contributed by atoms with E-state index in [9.17, 15) is 4.79 Å². The molecule has 0 aromatic heterocycles. The minimum Gasteiger partial charge on any atom is -0.394 e. The van der Waals surface area contributed by atoms with Crippen LogP contribution >= 0.6 is 0 Å².